The first kappa shape index (κ1) is 19.2. The van der Waals surface area contributed by atoms with Crippen LogP contribution in [0.2, 0.25) is 0 Å². The van der Waals surface area contributed by atoms with Crippen LogP contribution in [0, 0.1) is 18.2 Å². The summed E-state index contributed by atoms with van der Waals surface area (Å²) in [4.78, 5) is 8.74. The molecule has 0 amide bonds. The Labute approximate surface area is 165 Å². The number of hydrogen-bond donors (Lipinski definition) is 0. The summed E-state index contributed by atoms with van der Waals surface area (Å²) in [6.45, 7) is 4.91. The lowest BCUT2D eigenvalue weighted by atomic mass is 9.94. The Balaban J connectivity index is 1.76. The van der Waals surface area contributed by atoms with E-state index in [1.165, 1.54) is 24.6 Å². The van der Waals surface area contributed by atoms with Crippen molar-refractivity contribution in [3.8, 4) is 22.4 Å². The van der Waals surface area contributed by atoms with Crippen molar-refractivity contribution in [3.63, 3.8) is 0 Å². The van der Waals surface area contributed by atoms with Crippen LogP contribution in [0.3, 0.4) is 0 Å². The average molecular weight is 399 g/mol. The van der Waals surface area contributed by atoms with E-state index in [9.17, 15) is 13.2 Å². The fourth-order valence-electron chi connectivity index (χ4n) is 3.22. The molecule has 0 atom stereocenters. The Morgan fingerprint density at radius 3 is 2.66 bits per heavy atom. The van der Waals surface area contributed by atoms with Gasteiger partial charge in [-0.05, 0) is 25.1 Å². The maximum absolute atomic E-state index is 14.0. The summed E-state index contributed by atoms with van der Waals surface area (Å²) in [6.07, 6.45) is 5.64. The molecule has 0 spiro atoms. The van der Waals surface area contributed by atoms with Gasteiger partial charge in [0.15, 0.2) is 0 Å². The van der Waals surface area contributed by atoms with Gasteiger partial charge >= 0.3 is 0 Å². The third kappa shape index (κ3) is 3.74. The van der Waals surface area contributed by atoms with E-state index >= 15 is 0 Å². The van der Waals surface area contributed by atoms with Crippen molar-refractivity contribution >= 4 is 5.65 Å². The van der Waals surface area contributed by atoms with Crippen LogP contribution in [0.1, 0.15) is 19.5 Å². The molecule has 0 unspecified atom stereocenters. The van der Waals surface area contributed by atoms with Gasteiger partial charge in [-0.15, -0.1) is 0 Å². The predicted octanol–water partition coefficient (Wildman–Crippen LogP) is 5.00. The van der Waals surface area contributed by atoms with Crippen molar-refractivity contribution in [2.75, 3.05) is 0 Å². The molecular formula is C21H20F3N5. The number of aromatic nitrogens is 5. The monoisotopic (exact) mass is 399 g/mol. The van der Waals surface area contributed by atoms with Crippen LogP contribution in [0.5, 0.6) is 0 Å². The molecule has 29 heavy (non-hydrogen) atoms. The zero-order valence-corrected chi connectivity index (χ0v) is 16.3. The molecule has 4 aromatic rings. The van der Waals surface area contributed by atoms with Crippen molar-refractivity contribution in [2.24, 2.45) is 5.41 Å². The Hall–Kier alpha value is -3.16. The zero-order chi connectivity index (χ0) is 20.8. The maximum Gasteiger partial charge on any atom is 0.245 e. The summed E-state index contributed by atoms with van der Waals surface area (Å²) in [7, 11) is 0. The fraction of sp³-hybridized carbons (Fsp3) is 0.286. The predicted molar refractivity (Wildman–Crippen MR) is 104 cm³/mol. The molecule has 8 heteroatoms. The number of rotatable bonds is 5. The number of fused-ring (bicyclic) bond motifs is 1. The maximum atomic E-state index is 14.0. The first-order valence-corrected chi connectivity index (χ1v) is 9.15. The number of alkyl halides is 2. The lowest BCUT2D eigenvalue weighted by molar-refractivity contribution is 0.00608. The highest BCUT2D eigenvalue weighted by atomic mass is 19.3. The van der Waals surface area contributed by atoms with Crippen molar-refractivity contribution in [1.82, 2.24) is 24.1 Å². The number of aryl methyl sites for hydroxylation is 1. The third-order valence-electron chi connectivity index (χ3n) is 4.81. The van der Waals surface area contributed by atoms with Crippen molar-refractivity contribution in [3.05, 3.63) is 60.7 Å². The van der Waals surface area contributed by atoms with Gasteiger partial charge in [-0.1, -0.05) is 13.8 Å². The minimum Gasteiger partial charge on any atom is -0.307 e. The van der Waals surface area contributed by atoms with Gasteiger partial charge in [-0.25, -0.2) is 18.2 Å². The van der Waals surface area contributed by atoms with Gasteiger partial charge in [-0.3, -0.25) is 9.67 Å². The molecule has 0 aromatic carbocycles. The van der Waals surface area contributed by atoms with Gasteiger partial charge in [0.25, 0.3) is 0 Å². The molecule has 4 rings (SSSR count). The minimum absolute atomic E-state index is 0.0437. The van der Waals surface area contributed by atoms with E-state index in [1.54, 1.807) is 12.4 Å². The molecule has 0 aliphatic rings. The van der Waals surface area contributed by atoms with Gasteiger partial charge < -0.3 is 4.40 Å². The molecule has 150 valence electrons. The molecular weight excluding hydrogens is 379 g/mol. The van der Waals surface area contributed by atoms with Gasteiger partial charge in [0.2, 0.25) is 6.43 Å². The molecule has 0 N–H and O–H groups in total. The highest BCUT2D eigenvalue weighted by Gasteiger charge is 2.30. The van der Waals surface area contributed by atoms with Crippen molar-refractivity contribution < 1.29 is 13.2 Å². The smallest absolute Gasteiger partial charge is 0.245 e. The van der Waals surface area contributed by atoms with Crippen molar-refractivity contribution in [2.45, 2.75) is 33.7 Å². The quantitative estimate of drug-likeness (QED) is 0.475. The summed E-state index contributed by atoms with van der Waals surface area (Å²) < 4.78 is 43.7. The molecule has 0 aliphatic carbocycles. The number of pyridine rings is 2. The molecule has 0 aliphatic heterocycles. The molecule has 0 bridgehead atoms. The number of nitrogens with zero attached hydrogens (tertiary/aromatic N) is 5. The Morgan fingerprint density at radius 2 is 1.90 bits per heavy atom. The average Bonchev–Trinajstić information content (AvgIpc) is 3.25. The number of imidazole rings is 1. The summed E-state index contributed by atoms with van der Waals surface area (Å²) in [6, 6.07) is 5.13. The molecule has 5 nitrogen and oxygen atoms in total. The molecule has 4 heterocycles. The van der Waals surface area contributed by atoms with Gasteiger partial charge in [0.1, 0.15) is 11.5 Å². The minimum atomic E-state index is -2.48. The van der Waals surface area contributed by atoms with Crippen LogP contribution in [0.25, 0.3) is 28.0 Å². The molecule has 0 saturated carbocycles. The lowest BCUT2D eigenvalue weighted by Crippen LogP contribution is -2.27. The molecule has 4 aromatic heterocycles. The van der Waals surface area contributed by atoms with E-state index in [0.29, 0.717) is 16.8 Å². The van der Waals surface area contributed by atoms with Gasteiger partial charge in [-0.2, -0.15) is 5.10 Å². The second-order valence-electron chi connectivity index (χ2n) is 7.83. The summed E-state index contributed by atoms with van der Waals surface area (Å²) >= 11 is 0. The second kappa shape index (κ2) is 7.02. The fourth-order valence-corrected chi connectivity index (χ4v) is 3.22. The van der Waals surface area contributed by atoms with E-state index in [1.807, 2.05) is 35.9 Å². The summed E-state index contributed by atoms with van der Waals surface area (Å²) in [5.74, 6) is -0.484. The van der Waals surface area contributed by atoms with Crippen LogP contribution in [-0.2, 0) is 6.54 Å². The lowest BCUT2D eigenvalue weighted by Gasteiger charge is -2.23. The van der Waals surface area contributed by atoms with E-state index in [-0.39, 0.29) is 6.54 Å². The first-order chi connectivity index (χ1) is 13.7. The second-order valence-corrected chi connectivity index (χ2v) is 7.83. The molecule has 0 radical (unpaired) electrons. The van der Waals surface area contributed by atoms with Crippen LogP contribution in [0.15, 0.2) is 49.2 Å². The highest BCUT2D eigenvalue weighted by molar-refractivity contribution is 5.81. The third-order valence-corrected chi connectivity index (χ3v) is 4.81. The van der Waals surface area contributed by atoms with Gasteiger partial charge in [0, 0.05) is 40.7 Å². The standard InChI is InChI=1S/C21H20F3N5/c1-13-10-28-5-4-14(6-18(28)27-13)19-17(7-16(22)9-25-19)15-8-26-29(11-15)12-21(2,3)20(23)24/h4-11,20H,12H2,1-3H3. The summed E-state index contributed by atoms with van der Waals surface area (Å²) in [5.41, 5.74) is 2.91. The Kier molecular flexibility index (Phi) is 4.64. The highest BCUT2D eigenvalue weighted by Crippen LogP contribution is 2.32. The van der Waals surface area contributed by atoms with E-state index < -0.39 is 17.7 Å². The van der Waals surface area contributed by atoms with E-state index in [2.05, 4.69) is 15.1 Å². The van der Waals surface area contributed by atoms with Crippen LogP contribution in [0.4, 0.5) is 13.2 Å². The molecule has 0 fully saturated rings. The molecule has 0 saturated heterocycles. The SMILES string of the molecule is Cc1cn2ccc(-c3ncc(F)cc3-c3cnn(CC(C)(C)C(F)F)c3)cc2n1. The largest absolute Gasteiger partial charge is 0.307 e. The van der Waals surface area contributed by atoms with E-state index in [0.717, 1.165) is 23.1 Å². The van der Waals surface area contributed by atoms with E-state index in [4.69, 9.17) is 0 Å². The zero-order valence-electron chi connectivity index (χ0n) is 16.3. The Bertz CT molecular complexity index is 1180. The number of halogens is 3. The summed E-state index contributed by atoms with van der Waals surface area (Å²) in [5, 5.41) is 4.19. The topological polar surface area (TPSA) is 48.0 Å². The van der Waals surface area contributed by atoms with Crippen LogP contribution in [-0.4, -0.2) is 30.6 Å². The normalized spacial score (nSPS) is 12.2. The van der Waals surface area contributed by atoms with Crippen LogP contribution >= 0.6 is 0 Å². The Morgan fingerprint density at radius 1 is 1.10 bits per heavy atom. The van der Waals surface area contributed by atoms with Crippen LogP contribution < -0.4 is 0 Å². The van der Waals surface area contributed by atoms with Gasteiger partial charge in [0.05, 0.1) is 30.3 Å². The number of hydrogen-bond acceptors (Lipinski definition) is 3. The first-order valence-electron chi connectivity index (χ1n) is 9.15. The van der Waals surface area contributed by atoms with Crippen molar-refractivity contribution in [1.29, 1.82) is 0 Å².